The van der Waals surface area contributed by atoms with Crippen molar-refractivity contribution in [3.05, 3.63) is 5.82 Å². The third-order valence-electron chi connectivity index (χ3n) is 3.71. The Hall–Kier alpha value is -0.590. The molecule has 1 aliphatic heterocycles. The molecule has 0 radical (unpaired) electrons. The molecule has 2 N–H and O–H groups in total. The summed E-state index contributed by atoms with van der Waals surface area (Å²) in [7, 11) is 4.22. The number of nitrogens with two attached hydrogens (primary N) is 1. The van der Waals surface area contributed by atoms with Gasteiger partial charge in [-0.15, -0.1) is 10.2 Å². The van der Waals surface area contributed by atoms with E-state index in [1.165, 1.54) is 32.2 Å². The molecule has 1 aromatic rings. The van der Waals surface area contributed by atoms with Gasteiger partial charge in [-0.1, -0.05) is 18.2 Å². The van der Waals surface area contributed by atoms with Crippen LogP contribution in [0.3, 0.4) is 0 Å². The highest BCUT2D eigenvalue weighted by molar-refractivity contribution is 7.99. The molecule has 1 aliphatic rings. The lowest BCUT2D eigenvalue weighted by atomic mass is 10.0. The average molecular weight is 269 g/mol. The zero-order valence-electron chi connectivity index (χ0n) is 11.3. The number of aromatic nitrogens is 3. The molecule has 6 heteroatoms. The Morgan fingerprint density at radius 2 is 2.17 bits per heavy atom. The smallest absolute Gasteiger partial charge is 0.190 e. The van der Waals surface area contributed by atoms with Gasteiger partial charge in [0.2, 0.25) is 0 Å². The number of hydrogen-bond acceptors (Lipinski definition) is 5. The van der Waals surface area contributed by atoms with Crippen LogP contribution in [0.15, 0.2) is 5.16 Å². The van der Waals surface area contributed by atoms with Crippen molar-refractivity contribution < 1.29 is 0 Å². The first-order valence-corrected chi connectivity index (χ1v) is 7.62. The molecule has 18 heavy (non-hydrogen) atoms. The van der Waals surface area contributed by atoms with Crippen molar-refractivity contribution in [1.29, 1.82) is 0 Å². The molecule has 1 atom stereocenters. The Bertz CT molecular complexity index is 379. The van der Waals surface area contributed by atoms with Gasteiger partial charge in [-0.3, -0.25) is 0 Å². The molecule has 0 amide bonds. The first-order valence-electron chi connectivity index (χ1n) is 6.63. The lowest BCUT2D eigenvalue weighted by molar-refractivity contribution is 0.182. The minimum atomic E-state index is 0.454. The van der Waals surface area contributed by atoms with Crippen LogP contribution in [0.25, 0.3) is 0 Å². The van der Waals surface area contributed by atoms with E-state index in [1.807, 2.05) is 11.6 Å². The van der Waals surface area contributed by atoms with Crippen LogP contribution in [0, 0.1) is 0 Å². The lowest BCUT2D eigenvalue weighted by Gasteiger charge is -2.32. The second-order valence-corrected chi connectivity index (χ2v) is 5.99. The van der Waals surface area contributed by atoms with Gasteiger partial charge >= 0.3 is 0 Å². The van der Waals surface area contributed by atoms with Crippen molar-refractivity contribution in [2.24, 2.45) is 12.8 Å². The van der Waals surface area contributed by atoms with Gasteiger partial charge in [0, 0.05) is 18.8 Å². The van der Waals surface area contributed by atoms with E-state index in [0.717, 1.165) is 22.8 Å². The fraction of sp³-hybridized carbons (Fsp3) is 0.833. The molecule has 0 aromatic carbocycles. The summed E-state index contributed by atoms with van der Waals surface area (Å²) in [6.45, 7) is 1.70. The molecule has 102 valence electrons. The van der Waals surface area contributed by atoms with Gasteiger partial charge in [-0.25, -0.2) is 0 Å². The zero-order valence-corrected chi connectivity index (χ0v) is 12.1. The molecule has 0 aliphatic carbocycles. The predicted octanol–water partition coefficient (Wildman–Crippen LogP) is 1.24. The van der Waals surface area contributed by atoms with Gasteiger partial charge in [0.05, 0.1) is 6.54 Å². The van der Waals surface area contributed by atoms with Crippen molar-refractivity contribution in [2.75, 3.05) is 19.3 Å². The molecule has 0 spiro atoms. The minimum absolute atomic E-state index is 0.454. The Labute approximate surface area is 113 Å². The maximum absolute atomic E-state index is 5.59. The summed E-state index contributed by atoms with van der Waals surface area (Å²) in [5.74, 6) is 1.96. The summed E-state index contributed by atoms with van der Waals surface area (Å²) in [6, 6.07) is 0.744. The first-order chi connectivity index (χ1) is 8.72. The number of hydrogen-bond donors (Lipinski definition) is 1. The van der Waals surface area contributed by atoms with E-state index in [9.17, 15) is 0 Å². The summed E-state index contributed by atoms with van der Waals surface area (Å²) < 4.78 is 2.00. The van der Waals surface area contributed by atoms with Gasteiger partial charge < -0.3 is 15.2 Å². The van der Waals surface area contributed by atoms with Crippen molar-refractivity contribution in [3.8, 4) is 0 Å². The first kappa shape index (κ1) is 13.8. The van der Waals surface area contributed by atoms with E-state index in [-0.39, 0.29) is 0 Å². The van der Waals surface area contributed by atoms with Gasteiger partial charge in [0.1, 0.15) is 5.82 Å². The third kappa shape index (κ3) is 3.24. The quantitative estimate of drug-likeness (QED) is 0.815. The summed E-state index contributed by atoms with van der Waals surface area (Å²) in [4.78, 5) is 2.49. The molecular formula is C12H23N5S. The largest absolute Gasteiger partial charge is 0.324 e. The average Bonchev–Trinajstić information content (AvgIpc) is 2.73. The van der Waals surface area contributed by atoms with Gasteiger partial charge in [-0.05, 0) is 32.9 Å². The van der Waals surface area contributed by atoms with Crippen LogP contribution in [0.2, 0.25) is 0 Å². The molecule has 1 saturated heterocycles. The Morgan fingerprint density at radius 3 is 2.83 bits per heavy atom. The zero-order chi connectivity index (χ0) is 13.0. The Balaban J connectivity index is 1.79. The number of nitrogens with zero attached hydrogens (tertiary/aromatic N) is 4. The summed E-state index contributed by atoms with van der Waals surface area (Å²) in [6.07, 6.45) is 5.29. The molecule has 2 heterocycles. The number of rotatable bonds is 5. The molecule has 0 bridgehead atoms. The molecule has 0 saturated carbocycles. The predicted molar refractivity (Wildman–Crippen MR) is 74.5 cm³/mol. The van der Waals surface area contributed by atoms with Crippen molar-refractivity contribution in [3.63, 3.8) is 0 Å². The molecule has 2 rings (SSSR count). The Kier molecular flexibility index (Phi) is 5.03. The normalized spacial score (nSPS) is 21.4. The topological polar surface area (TPSA) is 60.0 Å². The van der Waals surface area contributed by atoms with Crippen molar-refractivity contribution >= 4 is 11.8 Å². The fourth-order valence-electron chi connectivity index (χ4n) is 2.44. The third-order valence-corrected chi connectivity index (χ3v) is 4.76. The van der Waals surface area contributed by atoms with E-state index in [1.54, 1.807) is 11.8 Å². The number of likely N-dealkylation sites (tertiary alicyclic amines) is 1. The van der Waals surface area contributed by atoms with Crippen molar-refractivity contribution in [1.82, 2.24) is 19.7 Å². The maximum Gasteiger partial charge on any atom is 0.190 e. The van der Waals surface area contributed by atoms with Crippen LogP contribution in [0.5, 0.6) is 0 Å². The van der Waals surface area contributed by atoms with E-state index in [4.69, 9.17) is 5.73 Å². The second kappa shape index (κ2) is 6.54. The highest BCUT2D eigenvalue weighted by Crippen LogP contribution is 2.22. The summed E-state index contributed by atoms with van der Waals surface area (Å²) >= 11 is 1.79. The van der Waals surface area contributed by atoms with Gasteiger partial charge in [0.25, 0.3) is 0 Å². The minimum Gasteiger partial charge on any atom is -0.324 e. The molecule has 5 nitrogen and oxygen atoms in total. The van der Waals surface area contributed by atoms with Crippen LogP contribution < -0.4 is 5.73 Å². The number of thioether (sulfide) groups is 1. The van der Waals surface area contributed by atoms with Crippen LogP contribution in [0.4, 0.5) is 0 Å². The van der Waals surface area contributed by atoms with Crippen LogP contribution in [0.1, 0.15) is 31.5 Å². The second-order valence-electron chi connectivity index (χ2n) is 4.93. The van der Waals surface area contributed by atoms with E-state index in [2.05, 4.69) is 22.1 Å². The summed E-state index contributed by atoms with van der Waals surface area (Å²) in [5, 5.41) is 9.22. The van der Waals surface area contributed by atoms with E-state index < -0.39 is 0 Å². The standard InChI is InChI=1S/C12H23N5S/c1-16-7-4-3-5-10(16)6-8-18-12-15-14-11(9-13)17(12)2/h10H,3-9,13H2,1-2H3. The molecular weight excluding hydrogens is 246 g/mol. The van der Waals surface area contributed by atoms with Gasteiger partial charge in [0.15, 0.2) is 5.16 Å². The maximum atomic E-state index is 5.59. The van der Waals surface area contributed by atoms with E-state index >= 15 is 0 Å². The van der Waals surface area contributed by atoms with Crippen LogP contribution in [-0.4, -0.2) is 45.1 Å². The van der Waals surface area contributed by atoms with E-state index in [0.29, 0.717) is 6.54 Å². The molecule has 1 aromatic heterocycles. The monoisotopic (exact) mass is 269 g/mol. The highest BCUT2D eigenvalue weighted by Gasteiger charge is 2.18. The SMILES string of the molecule is CN1CCCCC1CCSc1nnc(CN)n1C. The summed E-state index contributed by atoms with van der Waals surface area (Å²) in [5.41, 5.74) is 5.59. The van der Waals surface area contributed by atoms with Crippen LogP contribution in [-0.2, 0) is 13.6 Å². The number of piperidine rings is 1. The fourth-order valence-corrected chi connectivity index (χ4v) is 3.41. The molecule has 1 fully saturated rings. The molecule has 1 unspecified atom stereocenters. The van der Waals surface area contributed by atoms with Gasteiger partial charge in [-0.2, -0.15) is 0 Å². The highest BCUT2D eigenvalue weighted by atomic mass is 32.2. The lowest BCUT2D eigenvalue weighted by Crippen LogP contribution is -2.36. The Morgan fingerprint density at radius 1 is 1.33 bits per heavy atom. The van der Waals surface area contributed by atoms with Crippen LogP contribution >= 0.6 is 11.8 Å². The van der Waals surface area contributed by atoms with Crippen molar-refractivity contribution in [2.45, 2.75) is 43.4 Å².